The molecule has 0 radical (unpaired) electrons. The molecule has 0 bridgehead atoms. The number of rotatable bonds is 7. The van der Waals surface area contributed by atoms with Crippen molar-refractivity contribution in [1.29, 1.82) is 0 Å². The lowest BCUT2D eigenvalue weighted by Gasteiger charge is -2.07. The van der Waals surface area contributed by atoms with E-state index in [2.05, 4.69) is 10.3 Å². The van der Waals surface area contributed by atoms with Gasteiger partial charge in [0.25, 0.3) is 11.5 Å². The van der Waals surface area contributed by atoms with Crippen molar-refractivity contribution >= 4 is 45.1 Å². The second-order valence-corrected chi connectivity index (χ2v) is 7.70. The van der Waals surface area contributed by atoms with Crippen molar-refractivity contribution in [3.63, 3.8) is 0 Å². The Morgan fingerprint density at radius 1 is 1.13 bits per heavy atom. The van der Waals surface area contributed by atoms with E-state index in [1.807, 2.05) is 6.92 Å². The zero-order valence-electron chi connectivity index (χ0n) is 16.3. The Bertz CT molecular complexity index is 1190. The largest absolute Gasteiger partial charge is 0.478 e. The molecule has 1 aromatic carbocycles. The van der Waals surface area contributed by atoms with Gasteiger partial charge in [0, 0.05) is 12.2 Å². The molecule has 0 fully saturated rings. The van der Waals surface area contributed by atoms with Crippen molar-refractivity contribution in [3.05, 3.63) is 56.4 Å². The molecule has 0 saturated carbocycles. The molecule has 2 heterocycles. The molecule has 3 aromatic rings. The van der Waals surface area contributed by atoms with Crippen molar-refractivity contribution < 1.29 is 24.6 Å². The summed E-state index contributed by atoms with van der Waals surface area (Å²) in [6.45, 7) is 4.21. The Labute approximate surface area is 174 Å². The number of unbranched alkanes of at least 4 members (excludes halogenated alkanes) is 1. The number of amides is 1. The van der Waals surface area contributed by atoms with Gasteiger partial charge in [-0.2, -0.15) is 0 Å². The first-order chi connectivity index (χ1) is 14.2. The Morgan fingerprint density at radius 3 is 2.33 bits per heavy atom. The molecule has 2 aromatic heterocycles. The predicted molar refractivity (Wildman–Crippen MR) is 112 cm³/mol. The minimum atomic E-state index is -1.32. The quantitative estimate of drug-likeness (QED) is 0.524. The van der Waals surface area contributed by atoms with Gasteiger partial charge >= 0.3 is 11.9 Å². The van der Waals surface area contributed by atoms with Crippen molar-refractivity contribution in [3.8, 4) is 0 Å². The van der Waals surface area contributed by atoms with Gasteiger partial charge in [-0.3, -0.25) is 14.2 Å². The number of thiophene rings is 1. The van der Waals surface area contributed by atoms with Crippen LogP contribution < -0.4 is 10.9 Å². The van der Waals surface area contributed by atoms with E-state index in [-0.39, 0.29) is 27.3 Å². The van der Waals surface area contributed by atoms with Crippen molar-refractivity contribution in [2.24, 2.45) is 0 Å². The number of nitrogens with one attached hydrogen (secondary N) is 1. The number of aromatic carboxylic acids is 2. The number of nitrogens with zero attached hydrogens (tertiary/aromatic N) is 2. The number of carbonyl (C=O) groups excluding carboxylic acids is 1. The molecule has 30 heavy (non-hydrogen) atoms. The van der Waals surface area contributed by atoms with Gasteiger partial charge < -0.3 is 15.5 Å². The number of fused-ring (bicyclic) bond motifs is 1. The fourth-order valence-corrected chi connectivity index (χ4v) is 4.03. The molecular formula is C20H19N3O6S. The first-order valence-corrected chi connectivity index (χ1v) is 9.96. The normalized spacial score (nSPS) is 10.9. The topological polar surface area (TPSA) is 139 Å². The van der Waals surface area contributed by atoms with Crippen LogP contribution in [0.15, 0.2) is 29.3 Å². The summed E-state index contributed by atoms with van der Waals surface area (Å²) in [7, 11) is 0. The van der Waals surface area contributed by atoms with Crippen LogP contribution in [0.4, 0.5) is 5.69 Å². The maximum atomic E-state index is 12.8. The molecule has 3 rings (SSSR count). The van der Waals surface area contributed by atoms with Crippen molar-refractivity contribution in [1.82, 2.24) is 9.55 Å². The number of anilines is 1. The highest BCUT2D eigenvalue weighted by atomic mass is 32.1. The Kier molecular flexibility index (Phi) is 5.97. The highest BCUT2D eigenvalue weighted by molar-refractivity contribution is 7.20. The lowest BCUT2D eigenvalue weighted by molar-refractivity contribution is 0.0696. The Morgan fingerprint density at radius 2 is 1.77 bits per heavy atom. The average molecular weight is 429 g/mol. The molecule has 156 valence electrons. The molecular weight excluding hydrogens is 410 g/mol. The van der Waals surface area contributed by atoms with Gasteiger partial charge in [0.05, 0.1) is 27.7 Å². The summed E-state index contributed by atoms with van der Waals surface area (Å²) in [6.07, 6.45) is 3.22. The van der Waals surface area contributed by atoms with E-state index in [9.17, 15) is 29.4 Å². The van der Waals surface area contributed by atoms with Gasteiger partial charge in [-0.25, -0.2) is 14.6 Å². The number of benzene rings is 1. The SMILES string of the molecule is CCCCn1cnc2sc(C(=O)Nc3cc(C(=O)O)cc(C(=O)O)c3)c(C)c2c1=O. The first kappa shape index (κ1) is 21.2. The summed E-state index contributed by atoms with van der Waals surface area (Å²) in [6, 6.07) is 3.35. The van der Waals surface area contributed by atoms with Crippen LogP contribution in [0.2, 0.25) is 0 Å². The average Bonchev–Trinajstić information content (AvgIpc) is 3.04. The van der Waals surface area contributed by atoms with E-state index in [1.54, 1.807) is 6.92 Å². The van der Waals surface area contributed by atoms with Gasteiger partial charge in [0.2, 0.25) is 0 Å². The van der Waals surface area contributed by atoms with Gasteiger partial charge in [-0.1, -0.05) is 13.3 Å². The third-order valence-corrected chi connectivity index (χ3v) is 5.76. The monoisotopic (exact) mass is 429 g/mol. The molecule has 0 unspecified atom stereocenters. The van der Waals surface area contributed by atoms with Gasteiger partial charge in [0.1, 0.15) is 4.83 Å². The number of aryl methyl sites for hydroxylation is 2. The van der Waals surface area contributed by atoms with E-state index >= 15 is 0 Å². The van der Waals surface area contributed by atoms with Gasteiger partial charge in [-0.05, 0) is 37.1 Å². The Balaban J connectivity index is 1.99. The van der Waals surface area contributed by atoms with Crippen LogP contribution in [0, 0.1) is 6.92 Å². The van der Waals surface area contributed by atoms with E-state index in [4.69, 9.17) is 0 Å². The second-order valence-electron chi connectivity index (χ2n) is 6.70. The summed E-state index contributed by atoms with van der Waals surface area (Å²) < 4.78 is 1.52. The summed E-state index contributed by atoms with van der Waals surface area (Å²) in [5, 5.41) is 21.2. The van der Waals surface area contributed by atoms with E-state index in [1.165, 1.54) is 23.0 Å². The molecule has 9 nitrogen and oxygen atoms in total. The van der Waals surface area contributed by atoms with E-state index in [0.29, 0.717) is 22.3 Å². The number of carboxylic acids is 2. The number of aromatic nitrogens is 2. The van der Waals surface area contributed by atoms with Gasteiger partial charge in [0.15, 0.2) is 0 Å². The highest BCUT2D eigenvalue weighted by Gasteiger charge is 2.20. The van der Waals surface area contributed by atoms with Crippen LogP contribution in [0.25, 0.3) is 10.2 Å². The zero-order valence-corrected chi connectivity index (χ0v) is 17.1. The lowest BCUT2D eigenvalue weighted by atomic mass is 10.1. The van der Waals surface area contributed by atoms with Crippen molar-refractivity contribution in [2.75, 3.05) is 5.32 Å². The van der Waals surface area contributed by atoms with Crippen LogP contribution in [0.5, 0.6) is 0 Å². The highest BCUT2D eigenvalue weighted by Crippen LogP contribution is 2.28. The molecule has 0 saturated heterocycles. The molecule has 1 amide bonds. The molecule has 0 aliphatic carbocycles. The number of hydrogen-bond acceptors (Lipinski definition) is 6. The lowest BCUT2D eigenvalue weighted by Crippen LogP contribution is -2.20. The third kappa shape index (κ3) is 4.08. The standard InChI is InChI=1S/C20H19N3O6S/c1-3-4-5-23-9-21-17-14(18(23)25)10(2)15(30-17)16(24)22-13-7-11(19(26)27)6-12(8-13)20(28)29/h6-9H,3-5H2,1-2H3,(H,22,24)(H,26,27)(H,28,29). The summed E-state index contributed by atoms with van der Waals surface area (Å²) in [5.74, 6) is -3.21. The zero-order chi connectivity index (χ0) is 22.0. The Hall–Kier alpha value is -3.53. The number of carboxylic acid groups (broad SMARTS) is 2. The van der Waals surface area contributed by atoms with Crippen LogP contribution in [0.1, 0.15) is 55.7 Å². The van der Waals surface area contributed by atoms with E-state index < -0.39 is 17.8 Å². The second kappa shape index (κ2) is 8.46. The maximum absolute atomic E-state index is 12.8. The minimum absolute atomic E-state index is 0.0301. The van der Waals surface area contributed by atoms with Crippen LogP contribution in [-0.4, -0.2) is 37.6 Å². The first-order valence-electron chi connectivity index (χ1n) is 9.14. The summed E-state index contributed by atoms with van der Waals surface area (Å²) in [5.41, 5.74) is -0.245. The fourth-order valence-electron chi connectivity index (χ4n) is 3.00. The predicted octanol–water partition coefficient (Wildman–Crippen LogP) is 3.22. The van der Waals surface area contributed by atoms with Crippen LogP contribution >= 0.6 is 11.3 Å². The summed E-state index contributed by atoms with van der Waals surface area (Å²) >= 11 is 1.05. The van der Waals surface area contributed by atoms with Gasteiger partial charge in [-0.15, -0.1) is 11.3 Å². The molecule has 0 aliphatic rings. The minimum Gasteiger partial charge on any atom is -0.478 e. The number of carbonyl (C=O) groups is 3. The van der Waals surface area contributed by atoms with E-state index in [0.717, 1.165) is 30.2 Å². The van der Waals surface area contributed by atoms with Crippen LogP contribution in [0.3, 0.4) is 0 Å². The third-order valence-electron chi connectivity index (χ3n) is 4.56. The number of hydrogen-bond donors (Lipinski definition) is 3. The summed E-state index contributed by atoms with van der Waals surface area (Å²) in [4.78, 5) is 53.0. The molecule has 10 heteroatoms. The smallest absolute Gasteiger partial charge is 0.335 e. The van der Waals surface area contributed by atoms with Crippen LogP contribution in [-0.2, 0) is 6.54 Å². The maximum Gasteiger partial charge on any atom is 0.335 e. The molecule has 3 N–H and O–H groups in total. The molecule has 0 aliphatic heterocycles. The molecule has 0 atom stereocenters. The van der Waals surface area contributed by atoms with Crippen molar-refractivity contribution in [2.45, 2.75) is 33.2 Å². The fraction of sp³-hybridized carbons (Fsp3) is 0.250. The molecule has 0 spiro atoms.